The Morgan fingerprint density at radius 1 is 1.37 bits per heavy atom. The number of carbonyl (C=O) groups excluding carboxylic acids is 1. The number of amides is 1. The van der Waals surface area contributed by atoms with E-state index in [4.69, 9.17) is 4.42 Å². The number of nitrogens with one attached hydrogen (secondary N) is 1. The third-order valence-corrected chi connectivity index (χ3v) is 3.66. The first-order valence-electron chi connectivity index (χ1n) is 6.66. The maximum Gasteiger partial charge on any atom is 0.251 e. The number of hydrogen-bond donors (Lipinski definition) is 1. The van der Waals surface area contributed by atoms with Gasteiger partial charge in [0.1, 0.15) is 5.52 Å². The van der Waals surface area contributed by atoms with Crippen molar-refractivity contribution >= 4 is 17.0 Å². The Labute approximate surface area is 111 Å². The van der Waals surface area contributed by atoms with E-state index in [0.717, 1.165) is 49.7 Å². The Morgan fingerprint density at radius 3 is 2.79 bits per heavy atom. The number of quaternary nitrogens is 1. The molecule has 1 aromatic carbocycles. The van der Waals surface area contributed by atoms with E-state index in [1.54, 1.807) is 6.92 Å². The minimum Gasteiger partial charge on any atom is -0.435 e. The van der Waals surface area contributed by atoms with Crippen molar-refractivity contribution in [3.05, 3.63) is 30.2 Å². The van der Waals surface area contributed by atoms with Crippen molar-refractivity contribution in [1.82, 2.24) is 9.88 Å². The van der Waals surface area contributed by atoms with Gasteiger partial charge in [-0.1, -0.05) is 12.1 Å². The zero-order valence-corrected chi connectivity index (χ0v) is 11.1. The average Bonchev–Trinajstić information content (AvgIpc) is 2.81. The fourth-order valence-electron chi connectivity index (χ4n) is 2.52. The fraction of sp³-hybridized carbons (Fsp3) is 0.429. The highest BCUT2D eigenvalue weighted by Crippen LogP contribution is 2.13. The molecule has 3 rings (SSSR count). The summed E-state index contributed by atoms with van der Waals surface area (Å²) in [5.41, 5.74) is 1.76. The molecular weight excluding hydrogens is 242 g/mol. The molecule has 5 heteroatoms. The summed E-state index contributed by atoms with van der Waals surface area (Å²) in [6, 6.07) is 7.82. The van der Waals surface area contributed by atoms with Crippen LogP contribution in [0, 0.1) is 0 Å². The molecule has 1 aliphatic heterocycles. The number of benzene rings is 1. The predicted molar refractivity (Wildman–Crippen MR) is 70.7 cm³/mol. The third kappa shape index (κ3) is 2.61. The summed E-state index contributed by atoms with van der Waals surface area (Å²) < 4.78 is 5.73. The van der Waals surface area contributed by atoms with Crippen molar-refractivity contribution in [3.63, 3.8) is 0 Å². The van der Waals surface area contributed by atoms with Crippen LogP contribution in [0.25, 0.3) is 11.1 Å². The molecule has 0 bridgehead atoms. The van der Waals surface area contributed by atoms with Gasteiger partial charge in [-0.25, -0.2) is 4.98 Å². The van der Waals surface area contributed by atoms with Gasteiger partial charge >= 0.3 is 0 Å². The molecule has 1 aliphatic rings. The molecule has 2 aromatic rings. The molecule has 0 radical (unpaired) electrons. The number of nitrogens with zero attached hydrogens (tertiary/aromatic N) is 2. The van der Waals surface area contributed by atoms with E-state index >= 15 is 0 Å². The zero-order valence-electron chi connectivity index (χ0n) is 11.1. The SMILES string of the molecule is CC(=O)N1CC[NH+](Cc2nc3ccccc3o2)CC1. The van der Waals surface area contributed by atoms with Crippen LogP contribution in [0.1, 0.15) is 12.8 Å². The van der Waals surface area contributed by atoms with Crippen molar-refractivity contribution in [2.24, 2.45) is 0 Å². The van der Waals surface area contributed by atoms with Crippen LogP contribution in [0.15, 0.2) is 28.7 Å². The van der Waals surface area contributed by atoms with E-state index in [2.05, 4.69) is 4.98 Å². The molecule has 1 amide bonds. The molecular formula is C14H18N3O2+. The van der Waals surface area contributed by atoms with E-state index in [1.807, 2.05) is 29.2 Å². The summed E-state index contributed by atoms with van der Waals surface area (Å²) in [4.78, 5) is 19.1. The molecule has 0 spiro atoms. The van der Waals surface area contributed by atoms with Gasteiger partial charge in [0.15, 0.2) is 12.1 Å². The second kappa shape index (κ2) is 5.01. The van der Waals surface area contributed by atoms with Crippen molar-refractivity contribution in [2.45, 2.75) is 13.5 Å². The van der Waals surface area contributed by atoms with Gasteiger partial charge in [0.2, 0.25) is 5.91 Å². The number of fused-ring (bicyclic) bond motifs is 1. The molecule has 19 heavy (non-hydrogen) atoms. The first-order valence-corrected chi connectivity index (χ1v) is 6.66. The van der Waals surface area contributed by atoms with Crippen molar-refractivity contribution in [3.8, 4) is 0 Å². The smallest absolute Gasteiger partial charge is 0.251 e. The molecule has 1 saturated heterocycles. The van der Waals surface area contributed by atoms with Gasteiger partial charge < -0.3 is 14.2 Å². The van der Waals surface area contributed by atoms with Crippen molar-refractivity contribution in [2.75, 3.05) is 26.2 Å². The molecule has 5 nitrogen and oxygen atoms in total. The fourth-order valence-corrected chi connectivity index (χ4v) is 2.52. The lowest BCUT2D eigenvalue weighted by Gasteiger charge is -2.30. The summed E-state index contributed by atoms with van der Waals surface area (Å²) in [7, 11) is 0. The molecule has 1 aromatic heterocycles. The van der Waals surface area contributed by atoms with E-state index in [9.17, 15) is 4.79 Å². The van der Waals surface area contributed by atoms with Crippen LogP contribution < -0.4 is 4.90 Å². The van der Waals surface area contributed by atoms with Crippen LogP contribution in [0.5, 0.6) is 0 Å². The van der Waals surface area contributed by atoms with Crippen molar-refractivity contribution in [1.29, 1.82) is 0 Å². The lowest BCUT2D eigenvalue weighted by Crippen LogP contribution is -3.13. The molecule has 0 atom stereocenters. The number of hydrogen-bond acceptors (Lipinski definition) is 3. The van der Waals surface area contributed by atoms with Gasteiger partial charge in [-0.2, -0.15) is 0 Å². The molecule has 0 unspecified atom stereocenters. The minimum atomic E-state index is 0.168. The van der Waals surface area contributed by atoms with Crippen LogP contribution in [0.3, 0.4) is 0 Å². The highest BCUT2D eigenvalue weighted by molar-refractivity contribution is 5.73. The molecule has 1 N–H and O–H groups in total. The monoisotopic (exact) mass is 260 g/mol. The summed E-state index contributed by atoms with van der Waals surface area (Å²) in [5.74, 6) is 0.952. The van der Waals surface area contributed by atoms with Gasteiger partial charge in [-0.05, 0) is 12.1 Å². The highest BCUT2D eigenvalue weighted by atomic mass is 16.3. The number of carbonyl (C=O) groups is 1. The zero-order chi connectivity index (χ0) is 13.2. The van der Waals surface area contributed by atoms with E-state index in [1.165, 1.54) is 4.90 Å². The lowest BCUT2D eigenvalue weighted by atomic mass is 10.3. The third-order valence-electron chi connectivity index (χ3n) is 3.66. The molecule has 2 heterocycles. The highest BCUT2D eigenvalue weighted by Gasteiger charge is 2.23. The second-order valence-electron chi connectivity index (χ2n) is 5.01. The van der Waals surface area contributed by atoms with Crippen LogP contribution in [0.2, 0.25) is 0 Å². The quantitative estimate of drug-likeness (QED) is 0.831. The van der Waals surface area contributed by atoms with Crippen molar-refractivity contribution < 1.29 is 14.1 Å². The van der Waals surface area contributed by atoms with Gasteiger partial charge in [0.25, 0.3) is 5.89 Å². The van der Waals surface area contributed by atoms with Crippen LogP contribution in [-0.2, 0) is 11.3 Å². The summed E-state index contributed by atoms with van der Waals surface area (Å²) in [5, 5.41) is 0. The van der Waals surface area contributed by atoms with E-state index in [0.29, 0.717) is 0 Å². The van der Waals surface area contributed by atoms with Crippen LogP contribution in [0.4, 0.5) is 0 Å². The predicted octanol–water partition coefficient (Wildman–Crippen LogP) is 0.0748. The maximum absolute atomic E-state index is 11.3. The second-order valence-corrected chi connectivity index (χ2v) is 5.01. The Kier molecular flexibility index (Phi) is 3.21. The van der Waals surface area contributed by atoms with E-state index in [-0.39, 0.29) is 5.91 Å². The Hall–Kier alpha value is -1.88. The molecule has 0 aliphatic carbocycles. The van der Waals surface area contributed by atoms with E-state index < -0.39 is 0 Å². The largest absolute Gasteiger partial charge is 0.435 e. The average molecular weight is 260 g/mol. The lowest BCUT2D eigenvalue weighted by molar-refractivity contribution is -0.918. The summed E-state index contributed by atoms with van der Waals surface area (Å²) >= 11 is 0. The minimum absolute atomic E-state index is 0.168. The molecule has 100 valence electrons. The summed E-state index contributed by atoms with van der Waals surface area (Å²) in [6.07, 6.45) is 0. The maximum atomic E-state index is 11.3. The number of aromatic nitrogens is 1. The van der Waals surface area contributed by atoms with Gasteiger partial charge in [-0.3, -0.25) is 4.79 Å². The topological polar surface area (TPSA) is 50.8 Å². The number of rotatable bonds is 2. The number of piperazine rings is 1. The van der Waals surface area contributed by atoms with Crippen LogP contribution >= 0.6 is 0 Å². The van der Waals surface area contributed by atoms with Gasteiger partial charge in [0, 0.05) is 6.92 Å². The standard InChI is InChI=1S/C14H17N3O2/c1-11(18)17-8-6-16(7-9-17)10-14-15-12-4-2-3-5-13(12)19-14/h2-5H,6-10H2,1H3/p+1. The Balaban J connectivity index is 1.64. The van der Waals surface area contributed by atoms with Gasteiger partial charge in [-0.15, -0.1) is 0 Å². The normalized spacial score (nSPS) is 17.0. The Morgan fingerprint density at radius 2 is 2.11 bits per heavy atom. The van der Waals surface area contributed by atoms with Crippen LogP contribution in [-0.4, -0.2) is 42.0 Å². The Bertz CT molecular complexity index is 552. The molecule has 0 saturated carbocycles. The first kappa shape index (κ1) is 12.2. The molecule has 1 fully saturated rings. The first-order chi connectivity index (χ1) is 9.22. The summed E-state index contributed by atoms with van der Waals surface area (Å²) in [6.45, 7) is 5.98. The number of para-hydroxylation sites is 2. The number of oxazole rings is 1. The van der Waals surface area contributed by atoms with Gasteiger partial charge in [0.05, 0.1) is 26.2 Å².